The van der Waals surface area contributed by atoms with E-state index in [4.69, 9.17) is 4.74 Å². The number of benzene rings is 3. The van der Waals surface area contributed by atoms with Gasteiger partial charge in [-0.25, -0.2) is 8.42 Å². The lowest BCUT2D eigenvalue weighted by Gasteiger charge is -2.09. The maximum atomic E-state index is 12.3. The number of rotatable bonds is 8. The summed E-state index contributed by atoms with van der Waals surface area (Å²) in [5.74, 6) is 0.529. The maximum absolute atomic E-state index is 12.3. The molecule has 0 aliphatic heterocycles. The Morgan fingerprint density at radius 3 is 2.20 bits per heavy atom. The monoisotopic (exact) mass is 423 g/mol. The highest BCUT2D eigenvalue weighted by Gasteiger charge is 2.08. The van der Waals surface area contributed by atoms with Gasteiger partial charge < -0.3 is 10.1 Å². The zero-order valence-corrected chi connectivity index (χ0v) is 17.9. The molecule has 0 fully saturated rings. The fraction of sp³-hybridized carbons (Fsp3) is 0.208. The van der Waals surface area contributed by atoms with Crippen LogP contribution in [0.3, 0.4) is 0 Å². The highest BCUT2D eigenvalue weighted by Crippen LogP contribution is 2.15. The molecule has 0 saturated heterocycles. The van der Waals surface area contributed by atoms with Crippen LogP contribution in [-0.2, 0) is 28.7 Å². The third-order valence-corrected chi connectivity index (χ3v) is 5.37. The summed E-state index contributed by atoms with van der Waals surface area (Å²) in [7, 11) is -3.09. The molecule has 3 rings (SSSR count). The van der Waals surface area contributed by atoms with Gasteiger partial charge >= 0.3 is 0 Å². The first kappa shape index (κ1) is 21.6. The molecule has 3 aromatic rings. The smallest absolute Gasteiger partial charge is 0.251 e. The predicted octanol–water partition coefficient (Wildman–Crippen LogP) is 4.05. The zero-order chi connectivity index (χ0) is 21.6. The quantitative estimate of drug-likeness (QED) is 0.593. The number of aryl methyl sites for hydroxylation is 1. The molecule has 0 saturated carbocycles. The van der Waals surface area contributed by atoms with Crippen LogP contribution in [-0.4, -0.2) is 20.6 Å². The lowest BCUT2D eigenvalue weighted by molar-refractivity contribution is 0.0951. The van der Waals surface area contributed by atoms with Crippen LogP contribution in [0.4, 0.5) is 0 Å². The number of ether oxygens (including phenoxy) is 1. The summed E-state index contributed by atoms with van der Waals surface area (Å²) in [4.78, 5) is 12.3. The Morgan fingerprint density at radius 1 is 0.900 bits per heavy atom. The molecule has 3 aromatic carbocycles. The second-order valence-electron chi connectivity index (χ2n) is 7.37. The molecule has 0 bridgehead atoms. The van der Waals surface area contributed by atoms with Crippen LogP contribution in [0.2, 0.25) is 0 Å². The summed E-state index contributed by atoms with van der Waals surface area (Å²) in [6, 6.07) is 22.4. The van der Waals surface area contributed by atoms with E-state index in [1.165, 1.54) is 11.8 Å². The SMILES string of the molecule is Cc1cccc(COc2ccc(CNC(=O)c3ccc(CS(C)(=O)=O)cc3)cc2)c1. The molecular weight excluding hydrogens is 398 g/mol. The Morgan fingerprint density at radius 2 is 1.57 bits per heavy atom. The van der Waals surface area contributed by atoms with Crippen LogP contribution in [0, 0.1) is 6.92 Å². The average molecular weight is 424 g/mol. The number of hydrogen-bond donors (Lipinski definition) is 1. The van der Waals surface area contributed by atoms with Crippen molar-refractivity contribution in [1.29, 1.82) is 0 Å². The van der Waals surface area contributed by atoms with Crippen LogP contribution in [0.15, 0.2) is 72.8 Å². The number of carbonyl (C=O) groups is 1. The van der Waals surface area contributed by atoms with Crippen LogP contribution in [0.1, 0.15) is 32.6 Å². The van der Waals surface area contributed by atoms with Crippen molar-refractivity contribution in [3.8, 4) is 5.75 Å². The fourth-order valence-electron chi connectivity index (χ4n) is 3.01. The van der Waals surface area contributed by atoms with E-state index in [2.05, 4.69) is 24.4 Å². The summed E-state index contributed by atoms with van der Waals surface area (Å²) in [5.41, 5.74) is 4.43. The van der Waals surface area contributed by atoms with Gasteiger partial charge in [0.1, 0.15) is 12.4 Å². The first-order valence-corrected chi connectivity index (χ1v) is 11.7. The van der Waals surface area contributed by atoms with Crippen molar-refractivity contribution in [2.75, 3.05) is 6.26 Å². The normalized spacial score (nSPS) is 11.1. The van der Waals surface area contributed by atoms with Crippen molar-refractivity contribution in [2.45, 2.75) is 25.8 Å². The second kappa shape index (κ2) is 9.59. The average Bonchev–Trinajstić information content (AvgIpc) is 2.71. The van der Waals surface area contributed by atoms with Crippen LogP contribution in [0.25, 0.3) is 0 Å². The largest absolute Gasteiger partial charge is 0.489 e. The molecule has 1 N–H and O–H groups in total. The first-order chi connectivity index (χ1) is 14.3. The molecule has 5 nitrogen and oxygen atoms in total. The summed E-state index contributed by atoms with van der Waals surface area (Å²) in [5, 5.41) is 2.87. The van der Waals surface area contributed by atoms with Crippen LogP contribution < -0.4 is 10.1 Å². The minimum absolute atomic E-state index is 0.0345. The molecule has 0 unspecified atom stereocenters. The first-order valence-electron chi connectivity index (χ1n) is 9.61. The van der Waals surface area contributed by atoms with E-state index < -0.39 is 9.84 Å². The molecule has 0 aliphatic carbocycles. The summed E-state index contributed by atoms with van der Waals surface area (Å²) in [6.45, 7) is 2.95. The maximum Gasteiger partial charge on any atom is 0.251 e. The fourth-order valence-corrected chi connectivity index (χ4v) is 3.81. The second-order valence-corrected chi connectivity index (χ2v) is 9.51. The molecule has 0 heterocycles. The van der Waals surface area contributed by atoms with Crippen LogP contribution in [0.5, 0.6) is 5.75 Å². The molecule has 6 heteroatoms. The van der Waals surface area contributed by atoms with Gasteiger partial charge in [0, 0.05) is 18.4 Å². The standard InChI is InChI=1S/C24H25NO4S/c1-18-4-3-5-21(14-18)16-29-23-12-8-19(9-13-23)15-25-24(26)22-10-6-20(7-11-22)17-30(2,27)28/h3-14H,15-17H2,1-2H3,(H,25,26). The minimum Gasteiger partial charge on any atom is -0.489 e. The predicted molar refractivity (Wildman–Crippen MR) is 118 cm³/mol. The number of sulfone groups is 1. The molecular formula is C24H25NO4S. The molecule has 30 heavy (non-hydrogen) atoms. The van der Waals surface area contributed by atoms with Gasteiger partial charge in [-0.2, -0.15) is 0 Å². The highest BCUT2D eigenvalue weighted by atomic mass is 32.2. The van der Waals surface area contributed by atoms with Crippen molar-refractivity contribution in [3.05, 3.63) is 101 Å². The van der Waals surface area contributed by atoms with Gasteiger partial charge in [-0.1, -0.05) is 54.1 Å². The Balaban J connectivity index is 1.50. The van der Waals surface area contributed by atoms with E-state index >= 15 is 0 Å². The van der Waals surface area contributed by atoms with Gasteiger partial charge in [0.25, 0.3) is 5.91 Å². The van der Waals surface area contributed by atoms with Crippen molar-refractivity contribution < 1.29 is 17.9 Å². The molecule has 1 amide bonds. The summed E-state index contributed by atoms with van der Waals surface area (Å²) >= 11 is 0. The molecule has 0 atom stereocenters. The van der Waals surface area contributed by atoms with Crippen molar-refractivity contribution in [3.63, 3.8) is 0 Å². The number of hydrogen-bond acceptors (Lipinski definition) is 4. The topological polar surface area (TPSA) is 72.5 Å². The molecule has 0 spiro atoms. The Labute approximate surface area is 177 Å². The molecule has 0 radical (unpaired) electrons. The molecule has 0 aliphatic rings. The Kier molecular flexibility index (Phi) is 6.90. The number of amides is 1. The number of nitrogens with one attached hydrogen (secondary N) is 1. The van der Waals surface area contributed by atoms with Crippen molar-refractivity contribution >= 4 is 15.7 Å². The van der Waals surface area contributed by atoms with E-state index in [0.717, 1.165) is 16.9 Å². The van der Waals surface area contributed by atoms with Crippen LogP contribution >= 0.6 is 0 Å². The van der Waals surface area contributed by atoms with E-state index in [9.17, 15) is 13.2 Å². The van der Waals surface area contributed by atoms with E-state index in [0.29, 0.717) is 24.3 Å². The molecule has 156 valence electrons. The summed E-state index contributed by atoms with van der Waals surface area (Å²) in [6.07, 6.45) is 1.19. The van der Waals surface area contributed by atoms with E-state index in [1.54, 1.807) is 24.3 Å². The van der Waals surface area contributed by atoms with E-state index in [-0.39, 0.29) is 11.7 Å². The van der Waals surface area contributed by atoms with Gasteiger partial charge in [-0.05, 0) is 47.9 Å². The van der Waals surface area contributed by atoms with Gasteiger partial charge in [-0.3, -0.25) is 4.79 Å². The third kappa shape index (κ3) is 6.74. The van der Waals surface area contributed by atoms with E-state index in [1.807, 2.05) is 36.4 Å². The number of carbonyl (C=O) groups excluding carboxylic acids is 1. The van der Waals surface area contributed by atoms with Gasteiger partial charge in [-0.15, -0.1) is 0 Å². The third-order valence-electron chi connectivity index (χ3n) is 4.51. The minimum atomic E-state index is -3.09. The van der Waals surface area contributed by atoms with Gasteiger partial charge in [0.15, 0.2) is 9.84 Å². The highest BCUT2D eigenvalue weighted by molar-refractivity contribution is 7.89. The van der Waals surface area contributed by atoms with Gasteiger partial charge in [0.05, 0.1) is 5.75 Å². The lowest BCUT2D eigenvalue weighted by Crippen LogP contribution is -2.22. The zero-order valence-electron chi connectivity index (χ0n) is 17.1. The Hall–Kier alpha value is -3.12. The van der Waals surface area contributed by atoms with Crippen molar-refractivity contribution in [1.82, 2.24) is 5.32 Å². The lowest BCUT2D eigenvalue weighted by atomic mass is 10.1. The molecule has 0 aromatic heterocycles. The Bertz CT molecular complexity index is 1100. The summed E-state index contributed by atoms with van der Waals surface area (Å²) < 4.78 is 28.5. The van der Waals surface area contributed by atoms with Crippen molar-refractivity contribution in [2.24, 2.45) is 0 Å². The van der Waals surface area contributed by atoms with Gasteiger partial charge in [0.2, 0.25) is 0 Å².